The number of nitrogens with zero attached hydrogens (tertiary/aromatic N) is 1. The number of nitrogens with two attached hydrogens (primary N) is 1. The van der Waals surface area contributed by atoms with Crippen molar-refractivity contribution < 1.29 is 4.79 Å². The molecule has 18 heavy (non-hydrogen) atoms. The molecule has 0 bridgehead atoms. The lowest BCUT2D eigenvalue weighted by Crippen LogP contribution is -2.45. The normalized spacial score (nSPS) is 16.8. The lowest BCUT2D eigenvalue weighted by Gasteiger charge is -2.40. The highest BCUT2D eigenvalue weighted by atomic mass is 32.2. The van der Waals surface area contributed by atoms with Gasteiger partial charge < -0.3 is 10.7 Å². The predicted molar refractivity (Wildman–Crippen MR) is 74.5 cm³/mol. The van der Waals surface area contributed by atoms with E-state index >= 15 is 0 Å². The maximum atomic E-state index is 12.0. The minimum absolute atomic E-state index is 0.0748. The number of hydrogen-bond donors (Lipinski definition) is 3. The summed E-state index contributed by atoms with van der Waals surface area (Å²) in [4.78, 5) is 16.0. The van der Waals surface area contributed by atoms with Crippen LogP contribution in [-0.2, 0) is 0 Å². The van der Waals surface area contributed by atoms with Gasteiger partial charge in [-0.15, -0.1) is 0 Å². The quantitative estimate of drug-likeness (QED) is 0.554. The van der Waals surface area contributed by atoms with Crippen LogP contribution < -0.4 is 16.6 Å². The topological polar surface area (TPSA) is 80.0 Å². The molecule has 0 radical (unpaired) electrons. The Hall–Kier alpha value is -1.27. The van der Waals surface area contributed by atoms with Gasteiger partial charge in [-0.25, -0.2) is 10.8 Å². The lowest BCUT2D eigenvalue weighted by molar-refractivity contribution is 0.0944. The summed E-state index contributed by atoms with van der Waals surface area (Å²) in [5.74, 6) is 5.68. The highest BCUT2D eigenvalue weighted by Gasteiger charge is 2.36. The van der Waals surface area contributed by atoms with Crippen molar-refractivity contribution >= 4 is 23.5 Å². The van der Waals surface area contributed by atoms with E-state index in [1.807, 2.05) is 11.8 Å². The molecular weight excluding hydrogens is 248 g/mol. The molecule has 6 heteroatoms. The van der Waals surface area contributed by atoms with Gasteiger partial charge in [-0.2, -0.15) is 11.8 Å². The zero-order valence-corrected chi connectivity index (χ0v) is 11.2. The summed E-state index contributed by atoms with van der Waals surface area (Å²) >= 11 is 1.84. The van der Waals surface area contributed by atoms with Gasteiger partial charge in [0.25, 0.3) is 5.91 Å². The highest BCUT2D eigenvalue weighted by Crippen LogP contribution is 2.42. The molecule has 1 aliphatic carbocycles. The Morgan fingerprint density at radius 1 is 1.61 bits per heavy atom. The molecule has 5 nitrogen and oxygen atoms in total. The van der Waals surface area contributed by atoms with Crippen molar-refractivity contribution in [3.05, 3.63) is 23.9 Å². The van der Waals surface area contributed by atoms with Crippen LogP contribution >= 0.6 is 11.8 Å². The average Bonchev–Trinajstić information content (AvgIpc) is 2.38. The summed E-state index contributed by atoms with van der Waals surface area (Å²) in [6.45, 7) is 0.723. The van der Waals surface area contributed by atoms with Crippen LogP contribution in [0.25, 0.3) is 0 Å². The summed E-state index contributed by atoms with van der Waals surface area (Å²) in [5, 5.41) is 2.99. The second-order valence-corrected chi connectivity index (χ2v) is 5.77. The number of nitrogen functional groups attached to an aromatic ring is 1. The number of pyridine rings is 1. The number of amides is 1. The van der Waals surface area contributed by atoms with Crippen molar-refractivity contribution in [2.24, 2.45) is 5.84 Å². The number of thioether (sulfide) groups is 1. The first-order valence-corrected chi connectivity index (χ1v) is 7.18. The third kappa shape index (κ3) is 2.76. The van der Waals surface area contributed by atoms with Crippen molar-refractivity contribution in [3.63, 3.8) is 0 Å². The monoisotopic (exact) mass is 266 g/mol. The summed E-state index contributed by atoms with van der Waals surface area (Å²) in [6.07, 6.45) is 7.29. The standard InChI is InChI=1S/C12H18N4OS/c1-18-12(4-2-5-12)8-15-11(17)9-3-6-14-10(7-9)16-13/h3,6-7H,2,4-5,8,13H2,1H3,(H,14,16)(H,15,17). The zero-order valence-electron chi connectivity index (χ0n) is 10.4. The molecular formula is C12H18N4OS. The Morgan fingerprint density at radius 2 is 2.39 bits per heavy atom. The van der Waals surface area contributed by atoms with Gasteiger partial charge in [-0.1, -0.05) is 6.42 Å². The molecule has 0 atom stereocenters. The molecule has 0 spiro atoms. The van der Waals surface area contributed by atoms with Crippen LogP contribution in [0.2, 0.25) is 0 Å². The average molecular weight is 266 g/mol. The molecule has 4 N–H and O–H groups in total. The van der Waals surface area contributed by atoms with E-state index in [0.29, 0.717) is 11.4 Å². The van der Waals surface area contributed by atoms with Crippen LogP contribution in [0.3, 0.4) is 0 Å². The number of anilines is 1. The molecule has 1 amide bonds. The van der Waals surface area contributed by atoms with E-state index in [4.69, 9.17) is 5.84 Å². The molecule has 1 aliphatic rings. The molecule has 0 aliphatic heterocycles. The molecule has 1 heterocycles. The van der Waals surface area contributed by atoms with E-state index in [9.17, 15) is 4.79 Å². The van der Waals surface area contributed by atoms with Gasteiger partial charge in [0, 0.05) is 23.1 Å². The second kappa shape index (κ2) is 5.58. The maximum Gasteiger partial charge on any atom is 0.251 e. The molecule has 0 unspecified atom stereocenters. The summed E-state index contributed by atoms with van der Waals surface area (Å²) in [6, 6.07) is 3.32. The number of carbonyl (C=O) groups excluding carboxylic acids is 1. The smallest absolute Gasteiger partial charge is 0.251 e. The Labute approximate surface area is 111 Å². The Bertz CT molecular complexity index is 428. The Morgan fingerprint density at radius 3 is 2.94 bits per heavy atom. The fourth-order valence-electron chi connectivity index (χ4n) is 2.02. The Balaban J connectivity index is 1.95. The van der Waals surface area contributed by atoms with Crippen molar-refractivity contribution in [2.45, 2.75) is 24.0 Å². The van der Waals surface area contributed by atoms with Gasteiger partial charge in [0.15, 0.2) is 0 Å². The minimum Gasteiger partial charge on any atom is -0.351 e. The molecule has 1 aromatic heterocycles. The second-order valence-electron chi connectivity index (χ2n) is 4.50. The molecule has 98 valence electrons. The first kappa shape index (κ1) is 13.2. The van der Waals surface area contributed by atoms with Crippen LogP contribution in [0, 0.1) is 0 Å². The highest BCUT2D eigenvalue weighted by molar-refractivity contribution is 8.00. The SMILES string of the molecule is CSC1(CNC(=O)c2ccnc(NN)c2)CCC1. The van der Waals surface area contributed by atoms with Crippen molar-refractivity contribution in [1.82, 2.24) is 10.3 Å². The van der Waals surface area contributed by atoms with Gasteiger partial charge in [0.05, 0.1) is 0 Å². The number of nitrogens with one attached hydrogen (secondary N) is 2. The third-order valence-electron chi connectivity index (χ3n) is 3.44. The van der Waals surface area contributed by atoms with Crippen LogP contribution in [0.5, 0.6) is 0 Å². The van der Waals surface area contributed by atoms with Crippen molar-refractivity contribution in [3.8, 4) is 0 Å². The van der Waals surface area contributed by atoms with E-state index in [1.165, 1.54) is 19.3 Å². The number of carbonyl (C=O) groups is 1. The van der Waals surface area contributed by atoms with E-state index < -0.39 is 0 Å². The molecule has 0 aromatic carbocycles. The number of hydrazine groups is 1. The summed E-state index contributed by atoms with van der Waals surface area (Å²) in [5.41, 5.74) is 3.01. The minimum atomic E-state index is -0.0748. The van der Waals surface area contributed by atoms with Crippen molar-refractivity contribution in [2.75, 3.05) is 18.2 Å². The first-order chi connectivity index (χ1) is 8.69. The van der Waals surface area contributed by atoms with E-state index in [2.05, 4.69) is 22.0 Å². The van der Waals surface area contributed by atoms with Crippen molar-refractivity contribution in [1.29, 1.82) is 0 Å². The van der Waals surface area contributed by atoms with E-state index in [0.717, 1.165) is 6.54 Å². The molecule has 2 rings (SSSR count). The van der Waals surface area contributed by atoms with Gasteiger partial charge >= 0.3 is 0 Å². The first-order valence-electron chi connectivity index (χ1n) is 5.95. The van der Waals surface area contributed by atoms with E-state index in [-0.39, 0.29) is 10.7 Å². The lowest BCUT2D eigenvalue weighted by atomic mass is 9.84. The molecule has 0 saturated heterocycles. The zero-order chi connectivity index (χ0) is 13.0. The van der Waals surface area contributed by atoms with Gasteiger partial charge in [-0.05, 0) is 31.2 Å². The molecule has 1 saturated carbocycles. The fourth-order valence-corrected chi connectivity index (χ4v) is 2.93. The summed E-state index contributed by atoms with van der Waals surface area (Å²) < 4.78 is 0.248. The molecule has 1 aromatic rings. The van der Waals surface area contributed by atoms with Crippen LogP contribution in [0.15, 0.2) is 18.3 Å². The van der Waals surface area contributed by atoms with Gasteiger partial charge in [0.1, 0.15) is 5.82 Å². The van der Waals surface area contributed by atoms with E-state index in [1.54, 1.807) is 18.3 Å². The molecule has 1 fully saturated rings. The predicted octanol–water partition coefficient (Wildman–Crippen LogP) is 1.38. The number of hydrogen-bond acceptors (Lipinski definition) is 5. The van der Waals surface area contributed by atoms with Crippen LogP contribution in [0.1, 0.15) is 29.6 Å². The fraction of sp³-hybridized carbons (Fsp3) is 0.500. The number of aromatic nitrogens is 1. The number of rotatable bonds is 5. The van der Waals surface area contributed by atoms with Gasteiger partial charge in [0.2, 0.25) is 0 Å². The largest absolute Gasteiger partial charge is 0.351 e. The Kier molecular flexibility index (Phi) is 4.08. The maximum absolute atomic E-state index is 12.0. The van der Waals surface area contributed by atoms with Gasteiger partial charge in [-0.3, -0.25) is 4.79 Å². The van der Waals surface area contributed by atoms with Crippen LogP contribution in [0.4, 0.5) is 5.82 Å². The summed E-state index contributed by atoms with van der Waals surface area (Å²) in [7, 11) is 0. The van der Waals surface area contributed by atoms with Crippen LogP contribution in [-0.4, -0.2) is 28.4 Å². The third-order valence-corrected chi connectivity index (χ3v) is 4.86.